The van der Waals surface area contributed by atoms with Gasteiger partial charge in [0.15, 0.2) is 0 Å². The van der Waals surface area contributed by atoms with Crippen molar-refractivity contribution < 1.29 is 9.84 Å². The largest absolute Gasteiger partial charge is 0.389 e. The van der Waals surface area contributed by atoms with Crippen LogP contribution in [0.2, 0.25) is 0 Å². The third kappa shape index (κ3) is 3.18. The number of rotatable bonds is 5. The molecule has 0 aromatic carbocycles. The lowest BCUT2D eigenvalue weighted by molar-refractivity contribution is -0.134. The monoisotopic (exact) mass is 214 g/mol. The fourth-order valence-corrected chi connectivity index (χ4v) is 2.88. The first kappa shape index (κ1) is 13.0. The summed E-state index contributed by atoms with van der Waals surface area (Å²) in [7, 11) is 0. The van der Waals surface area contributed by atoms with Crippen LogP contribution in [0.3, 0.4) is 0 Å². The summed E-state index contributed by atoms with van der Waals surface area (Å²) in [6, 6.07) is 0. The van der Waals surface area contributed by atoms with E-state index in [1.807, 2.05) is 0 Å². The quantitative estimate of drug-likeness (QED) is 0.762. The Morgan fingerprint density at radius 3 is 2.53 bits per heavy atom. The van der Waals surface area contributed by atoms with Crippen molar-refractivity contribution in [3.63, 3.8) is 0 Å². The summed E-state index contributed by atoms with van der Waals surface area (Å²) >= 11 is 0. The lowest BCUT2D eigenvalue weighted by Crippen LogP contribution is -2.46. The predicted molar refractivity (Wildman–Crippen MR) is 62.9 cm³/mol. The maximum Gasteiger partial charge on any atom is 0.0722 e. The second-order valence-corrected chi connectivity index (χ2v) is 4.85. The summed E-state index contributed by atoms with van der Waals surface area (Å²) in [6.07, 6.45) is 6.32. The molecule has 15 heavy (non-hydrogen) atoms. The molecule has 0 radical (unpaired) electrons. The van der Waals surface area contributed by atoms with Crippen LogP contribution in [-0.2, 0) is 4.74 Å². The van der Waals surface area contributed by atoms with Gasteiger partial charge in [0.05, 0.1) is 11.7 Å². The van der Waals surface area contributed by atoms with Crippen LogP contribution in [0.15, 0.2) is 0 Å². The number of hydrogen-bond acceptors (Lipinski definition) is 2. The molecule has 2 unspecified atom stereocenters. The molecule has 2 atom stereocenters. The van der Waals surface area contributed by atoms with Gasteiger partial charge in [0.1, 0.15) is 0 Å². The van der Waals surface area contributed by atoms with Gasteiger partial charge < -0.3 is 9.84 Å². The van der Waals surface area contributed by atoms with Gasteiger partial charge in [-0.3, -0.25) is 0 Å². The van der Waals surface area contributed by atoms with Crippen LogP contribution in [0.5, 0.6) is 0 Å². The summed E-state index contributed by atoms with van der Waals surface area (Å²) in [5.41, 5.74) is -0.457. The molecule has 1 aliphatic rings. The second kappa shape index (κ2) is 5.86. The fraction of sp³-hybridized carbons (Fsp3) is 1.00. The van der Waals surface area contributed by atoms with E-state index in [0.717, 1.165) is 45.1 Å². The highest BCUT2D eigenvalue weighted by molar-refractivity contribution is 4.90. The molecule has 1 N–H and O–H groups in total. The molecule has 0 aromatic heterocycles. The number of aliphatic hydroxyl groups is 1. The van der Waals surface area contributed by atoms with Crippen LogP contribution in [-0.4, -0.2) is 23.4 Å². The molecule has 0 saturated carbocycles. The van der Waals surface area contributed by atoms with Gasteiger partial charge in [0.25, 0.3) is 0 Å². The average molecular weight is 214 g/mol. The van der Waals surface area contributed by atoms with Crippen molar-refractivity contribution in [3.05, 3.63) is 0 Å². The van der Waals surface area contributed by atoms with E-state index in [1.165, 1.54) is 0 Å². The molecular weight excluding hydrogens is 188 g/mol. The van der Waals surface area contributed by atoms with Gasteiger partial charge in [-0.05, 0) is 18.8 Å². The van der Waals surface area contributed by atoms with Crippen LogP contribution in [0.25, 0.3) is 0 Å². The van der Waals surface area contributed by atoms with Gasteiger partial charge in [-0.15, -0.1) is 0 Å². The zero-order valence-electron chi connectivity index (χ0n) is 10.5. The normalized spacial score (nSPS) is 32.2. The van der Waals surface area contributed by atoms with Crippen LogP contribution >= 0.6 is 0 Å². The highest BCUT2D eigenvalue weighted by Gasteiger charge is 2.39. The Morgan fingerprint density at radius 2 is 2.00 bits per heavy atom. The molecule has 0 spiro atoms. The molecule has 0 aromatic rings. The number of hydrogen-bond donors (Lipinski definition) is 1. The molecule has 1 rings (SSSR count). The van der Waals surface area contributed by atoms with Crippen LogP contribution < -0.4 is 0 Å². The van der Waals surface area contributed by atoms with Gasteiger partial charge in [-0.1, -0.05) is 40.0 Å². The molecule has 1 aliphatic heterocycles. The van der Waals surface area contributed by atoms with E-state index in [9.17, 15) is 5.11 Å². The zero-order valence-corrected chi connectivity index (χ0v) is 10.5. The van der Waals surface area contributed by atoms with E-state index >= 15 is 0 Å². The van der Waals surface area contributed by atoms with E-state index in [-0.39, 0.29) is 6.10 Å². The molecule has 2 heteroatoms. The molecule has 1 heterocycles. The first-order valence-electron chi connectivity index (χ1n) is 6.50. The minimum atomic E-state index is -0.457. The summed E-state index contributed by atoms with van der Waals surface area (Å²) in [5.74, 6) is 0.445. The van der Waals surface area contributed by atoms with Crippen molar-refractivity contribution in [2.24, 2.45) is 5.92 Å². The predicted octanol–water partition coefficient (Wildman–Crippen LogP) is 3.13. The lowest BCUT2D eigenvalue weighted by Gasteiger charge is -2.42. The van der Waals surface area contributed by atoms with Gasteiger partial charge in [-0.2, -0.15) is 0 Å². The Labute approximate surface area is 94.0 Å². The van der Waals surface area contributed by atoms with E-state index in [1.54, 1.807) is 0 Å². The van der Waals surface area contributed by atoms with Gasteiger partial charge in [-0.25, -0.2) is 0 Å². The van der Waals surface area contributed by atoms with Crippen LogP contribution in [0.1, 0.15) is 59.3 Å². The Bertz CT molecular complexity index is 175. The summed E-state index contributed by atoms with van der Waals surface area (Å²) in [4.78, 5) is 0. The van der Waals surface area contributed by atoms with Crippen molar-refractivity contribution in [1.82, 2.24) is 0 Å². The van der Waals surface area contributed by atoms with E-state index in [2.05, 4.69) is 20.8 Å². The molecule has 90 valence electrons. The van der Waals surface area contributed by atoms with Gasteiger partial charge in [0.2, 0.25) is 0 Å². The topological polar surface area (TPSA) is 29.5 Å². The van der Waals surface area contributed by atoms with Gasteiger partial charge >= 0.3 is 0 Å². The van der Waals surface area contributed by atoms with Crippen molar-refractivity contribution in [2.45, 2.75) is 71.0 Å². The average Bonchev–Trinajstić information content (AvgIpc) is 2.19. The van der Waals surface area contributed by atoms with Crippen molar-refractivity contribution in [3.8, 4) is 0 Å². The Hall–Kier alpha value is -0.0800. The molecule has 1 saturated heterocycles. The molecule has 0 bridgehead atoms. The Morgan fingerprint density at radius 1 is 1.33 bits per heavy atom. The first-order valence-corrected chi connectivity index (χ1v) is 6.50. The van der Waals surface area contributed by atoms with Crippen molar-refractivity contribution >= 4 is 0 Å². The Balaban J connectivity index is 2.58. The third-order valence-corrected chi connectivity index (χ3v) is 3.83. The third-order valence-electron chi connectivity index (χ3n) is 3.83. The van der Waals surface area contributed by atoms with Crippen LogP contribution in [0.4, 0.5) is 0 Å². The number of ether oxygens (including phenoxy) is 1. The molecule has 1 fully saturated rings. The van der Waals surface area contributed by atoms with E-state index in [0.29, 0.717) is 5.92 Å². The zero-order chi connectivity index (χ0) is 11.3. The lowest BCUT2D eigenvalue weighted by atomic mass is 9.76. The SMILES string of the molecule is CCCC1CC(O)(C(CC)CC)CCO1. The minimum Gasteiger partial charge on any atom is -0.389 e. The van der Waals surface area contributed by atoms with Crippen molar-refractivity contribution in [2.75, 3.05) is 6.61 Å². The summed E-state index contributed by atoms with van der Waals surface area (Å²) in [5, 5.41) is 10.6. The standard InChI is InChI=1S/C13H26O2/c1-4-7-12-10-13(14,8-9-15-12)11(5-2)6-3/h11-12,14H,4-10H2,1-3H3. The maximum atomic E-state index is 10.6. The first-order chi connectivity index (χ1) is 7.16. The van der Waals surface area contributed by atoms with Crippen molar-refractivity contribution in [1.29, 1.82) is 0 Å². The van der Waals surface area contributed by atoms with Crippen LogP contribution in [0, 0.1) is 5.92 Å². The summed E-state index contributed by atoms with van der Waals surface area (Å²) in [6.45, 7) is 7.26. The molecule has 2 nitrogen and oxygen atoms in total. The molecule has 0 aliphatic carbocycles. The van der Waals surface area contributed by atoms with E-state index < -0.39 is 5.60 Å². The maximum absolute atomic E-state index is 10.6. The highest BCUT2D eigenvalue weighted by atomic mass is 16.5. The molecule has 0 amide bonds. The smallest absolute Gasteiger partial charge is 0.0722 e. The second-order valence-electron chi connectivity index (χ2n) is 4.85. The Kier molecular flexibility index (Phi) is 5.07. The minimum absolute atomic E-state index is 0.286. The van der Waals surface area contributed by atoms with Gasteiger partial charge in [0, 0.05) is 13.0 Å². The highest BCUT2D eigenvalue weighted by Crippen LogP contribution is 2.36. The fourth-order valence-electron chi connectivity index (χ4n) is 2.88. The van der Waals surface area contributed by atoms with E-state index in [4.69, 9.17) is 4.74 Å². The summed E-state index contributed by atoms with van der Waals surface area (Å²) < 4.78 is 5.69. The molecular formula is C13H26O2.